The molecule has 1 atom stereocenters. The third-order valence-electron chi connectivity index (χ3n) is 7.66. The smallest absolute Gasteiger partial charge is 0.299 e. The molecule has 1 unspecified atom stereocenters. The van der Waals surface area contributed by atoms with Crippen molar-refractivity contribution in [1.82, 2.24) is 20.3 Å². The fourth-order valence-corrected chi connectivity index (χ4v) is 5.30. The number of rotatable bonds is 10. The van der Waals surface area contributed by atoms with Crippen LogP contribution in [0.5, 0.6) is 0 Å². The SMILES string of the molecule is CC(C(=O)NCc1ccccc1)N(C(=O)c1cn(Cc2ccccc2)nn1)c1ccc2c(c1)C(=O)C(=O)N2Cc1ccccc1. The number of anilines is 2. The molecular formula is C35H30N6O4. The highest BCUT2D eigenvalue weighted by atomic mass is 16.2. The minimum Gasteiger partial charge on any atom is -0.350 e. The molecule has 0 spiro atoms. The van der Waals surface area contributed by atoms with Crippen molar-refractivity contribution in [3.8, 4) is 0 Å². The van der Waals surface area contributed by atoms with E-state index in [1.807, 2.05) is 91.0 Å². The van der Waals surface area contributed by atoms with Crippen molar-refractivity contribution in [2.24, 2.45) is 0 Å². The molecular weight excluding hydrogens is 568 g/mol. The van der Waals surface area contributed by atoms with Gasteiger partial charge in [0.05, 0.1) is 30.5 Å². The van der Waals surface area contributed by atoms with Gasteiger partial charge in [-0.3, -0.25) is 24.1 Å². The van der Waals surface area contributed by atoms with E-state index in [0.29, 0.717) is 12.2 Å². The maximum atomic E-state index is 14.1. The van der Waals surface area contributed by atoms with Gasteiger partial charge in [-0.25, -0.2) is 4.68 Å². The summed E-state index contributed by atoms with van der Waals surface area (Å²) in [5.74, 6) is -2.31. The summed E-state index contributed by atoms with van der Waals surface area (Å²) >= 11 is 0. The Labute approximate surface area is 259 Å². The van der Waals surface area contributed by atoms with Gasteiger partial charge in [-0.2, -0.15) is 0 Å². The molecule has 1 aromatic heterocycles. The molecule has 3 amide bonds. The molecule has 0 bridgehead atoms. The van der Waals surface area contributed by atoms with Crippen LogP contribution in [-0.4, -0.2) is 44.5 Å². The topological polar surface area (TPSA) is 117 Å². The predicted octanol–water partition coefficient (Wildman–Crippen LogP) is 4.41. The number of Topliss-reactive ketones (excluding diaryl/α,β-unsaturated/α-hetero) is 1. The normalized spacial score (nSPS) is 13.0. The van der Waals surface area contributed by atoms with Gasteiger partial charge in [0, 0.05) is 12.2 Å². The molecule has 1 N–H and O–H groups in total. The van der Waals surface area contributed by atoms with Crippen molar-refractivity contribution in [3.05, 3.63) is 143 Å². The summed E-state index contributed by atoms with van der Waals surface area (Å²) in [4.78, 5) is 56.4. The Balaban J connectivity index is 1.31. The van der Waals surface area contributed by atoms with Crippen molar-refractivity contribution >= 4 is 34.9 Å². The van der Waals surface area contributed by atoms with Gasteiger partial charge >= 0.3 is 0 Å². The van der Waals surface area contributed by atoms with Gasteiger partial charge in [-0.15, -0.1) is 5.10 Å². The molecule has 1 aliphatic heterocycles. The van der Waals surface area contributed by atoms with E-state index in [-0.39, 0.29) is 30.0 Å². The molecule has 224 valence electrons. The van der Waals surface area contributed by atoms with E-state index in [1.165, 1.54) is 22.1 Å². The Bertz CT molecular complexity index is 1860. The maximum absolute atomic E-state index is 14.1. The summed E-state index contributed by atoms with van der Waals surface area (Å²) in [7, 11) is 0. The second-order valence-electron chi connectivity index (χ2n) is 10.7. The maximum Gasteiger partial charge on any atom is 0.299 e. The number of carbonyl (C=O) groups is 4. The van der Waals surface area contributed by atoms with Crippen molar-refractivity contribution in [1.29, 1.82) is 0 Å². The molecule has 2 heterocycles. The monoisotopic (exact) mass is 598 g/mol. The van der Waals surface area contributed by atoms with Gasteiger partial charge in [-0.1, -0.05) is 96.2 Å². The van der Waals surface area contributed by atoms with E-state index < -0.39 is 29.5 Å². The second kappa shape index (κ2) is 12.8. The van der Waals surface area contributed by atoms with E-state index in [1.54, 1.807) is 23.7 Å². The summed E-state index contributed by atoms with van der Waals surface area (Å²) in [6.07, 6.45) is 1.53. The Morgan fingerprint density at radius 3 is 2.04 bits per heavy atom. The largest absolute Gasteiger partial charge is 0.350 e. The first-order chi connectivity index (χ1) is 21.9. The minimum absolute atomic E-state index is 0.0299. The number of fused-ring (bicyclic) bond motifs is 1. The Morgan fingerprint density at radius 1 is 0.800 bits per heavy atom. The van der Waals surface area contributed by atoms with Crippen LogP contribution in [0.3, 0.4) is 0 Å². The average Bonchev–Trinajstić information content (AvgIpc) is 3.63. The van der Waals surface area contributed by atoms with Gasteiger partial charge in [0.2, 0.25) is 5.91 Å². The molecule has 0 saturated heterocycles. The number of carbonyl (C=O) groups excluding carboxylic acids is 4. The Morgan fingerprint density at radius 2 is 1.40 bits per heavy atom. The highest BCUT2D eigenvalue weighted by Gasteiger charge is 2.38. The number of ketones is 1. The van der Waals surface area contributed by atoms with E-state index in [9.17, 15) is 19.2 Å². The van der Waals surface area contributed by atoms with Crippen LogP contribution in [0.1, 0.15) is 44.5 Å². The van der Waals surface area contributed by atoms with Crippen LogP contribution in [0.4, 0.5) is 11.4 Å². The van der Waals surface area contributed by atoms with Gasteiger partial charge in [0.25, 0.3) is 17.6 Å². The first kappa shape index (κ1) is 29.2. The molecule has 0 saturated carbocycles. The van der Waals surface area contributed by atoms with E-state index in [4.69, 9.17) is 0 Å². The molecule has 5 aromatic rings. The van der Waals surface area contributed by atoms with Crippen molar-refractivity contribution in [2.75, 3.05) is 9.80 Å². The van der Waals surface area contributed by atoms with Crippen LogP contribution < -0.4 is 15.1 Å². The van der Waals surface area contributed by atoms with Crippen molar-refractivity contribution in [3.63, 3.8) is 0 Å². The standard InChI is InChI=1S/C35H30N6O4/c1-24(33(43)36-20-25-11-5-2-6-12-25)41(34(44)30-23-39(38-37-30)21-26-13-7-3-8-14-26)28-17-18-31-29(19-28)32(42)35(45)40(31)22-27-15-9-4-10-16-27/h2-19,23-24H,20-22H2,1H3,(H,36,43). The van der Waals surface area contributed by atoms with Crippen LogP contribution >= 0.6 is 0 Å². The molecule has 45 heavy (non-hydrogen) atoms. The summed E-state index contributed by atoms with van der Waals surface area (Å²) < 4.78 is 1.55. The second-order valence-corrected chi connectivity index (χ2v) is 10.7. The fraction of sp³-hybridized carbons (Fsp3) is 0.143. The lowest BCUT2D eigenvalue weighted by molar-refractivity contribution is -0.122. The summed E-state index contributed by atoms with van der Waals surface area (Å²) in [5, 5.41) is 11.1. The quantitative estimate of drug-likeness (QED) is 0.238. The molecule has 0 fully saturated rings. The van der Waals surface area contributed by atoms with Crippen LogP contribution in [-0.2, 0) is 29.2 Å². The van der Waals surface area contributed by atoms with Crippen LogP contribution in [0.2, 0.25) is 0 Å². The Hall–Kier alpha value is -5.90. The Kier molecular flexibility index (Phi) is 8.28. The molecule has 6 rings (SSSR count). The zero-order valence-corrected chi connectivity index (χ0v) is 24.5. The molecule has 0 aliphatic carbocycles. The first-order valence-corrected chi connectivity index (χ1v) is 14.5. The van der Waals surface area contributed by atoms with Crippen molar-refractivity contribution in [2.45, 2.75) is 32.6 Å². The predicted molar refractivity (Wildman–Crippen MR) is 169 cm³/mol. The minimum atomic E-state index is -0.994. The summed E-state index contributed by atoms with van der Waals surface area (Å²) in [6, 6.07) is 32.2. The molecule has 10 heteroatoms. The third kappa shape index (κ3) is 6.25. The van der Waals surface area contributed by atoms with Gasteiger partial charge in [0.1, 0.15) is 6.04 Å². The van der Waals surface area contributed by atoms with Gasteiger partial charge in [0.15, 0.2) is 5.69 Å². The van der Waals surface area contributed by atoms with Crippen LogP contribution in [0, 0.1) is 0 Å². The van der Waals surface area contributed by atoms with Crippen LogP contribution in [0.15, 0.2) is 115 Å². The third-order valence-corrected chi connectivity index (χ3v) is 7.66. The highest BCUT2D eigenvalue weighted by Crippen LogP contribution is 2.34. The number of aromatic nitrogens is 3. The molecule has 0 radical (unpaired) electrons. The highest BCUT2D eigenvalue weighted by molar-refractivity contribution is 6.52. The van der Waals surface area contributed by atoms with E-state index in [0.717, 1.165) is 16.7 Å². The van der Waals surface area contributed by atoms with E-state index in [2.05, 4.69) is 15.6 Å². The average molecular weight is 599 g/mol. The molecule has 10 nitrogen and oxygen atoms in total. The van der Waals surface area contributed by atoms with Crippen LogP contribution in [0.25, 0.3) is 0 Å². The zero-order chi connectivity index (χ0) is 31.3. The summed E-state index contributed by atoms with van der Waals surface area (Å²) in [5.41, 5.74) is 3.67. The lowest BCUT2D eigenvalue weighted by Crippen LogP contribution is -2.48. The fourth-order valence-electron chi connectivity index (χ4n) is 5.30. The van der Waals surface area contributed by atoms with Gasteiger partial charge in [-0.05, 0) is 41.8 Å². The number of nitrogens with one attached hydrogen (secondary N) is 1. The van der Waals surface area contributed by atoms with Gasteiger partial charge < -0.3 is 10.2 Å². The van der Waals surface area contributed by atoms with E-state index >= 15 is 0 Å². The van der Waals surface area contributed by atoms with Crippen molar-refractivity contribution < 1.29 is 19.2 Å². The number of amides is 3. The number of hydrogen-bond acceptors (Lipinski definition) is 6. The lowest BCUT2D eigenvalue weighted by Gasteiger charge is -2.28. The number of benzene rings is 4. The molecule has 1 aliphatic rings. The number of hydrogen-bond donors (Lipinski definition) is 1. The number of nitrogens with zero attached hydrogens (tertiary/aromatic N) is 5. The lowest BCUT2D eigenvalue weighted by atomic mass is 10.1. The zero-order valence-electron chi connectivity index (χ0n) is 24.5. The summed E-state index contributed by atoms with van der Waals surface area (Å²) in [6.45, 7) is 2.50. The first-order valence-electron chi connectivity index (χ1n) is 14.5. The molecule has 4 aromatic carbocycles.